The van der Waals surface area contributed by atoms with Gasteiger partial charge in [-0.15, -0.1) is 0 Å². The number of nitrogens with zero attached hydrogens (tertiary/aromatic N) is 1. The summed E-state index contributed by atoms with van der Waals surface area (Å²) in [4.78, 5) is 14.9. The van der Waals surface area contributed by atoms with E-state index < -0.39 is 18.1 Å². The molecule has 0 aliphatic rings. The van der Waals surface area contributed by atoms with Gasteiger partial charge in [0, 0.05) is 11.6 Å². The average Bonchev–Trinajstić information content (AvgIpc) is 2.31. The fraction of sp³-hybridized carbons (Fsp3) is 0.455. The molecule has 0 fully saturated rings. The Morgan fingerprint density at radius 3 is 2.72 bits per heavy atom. The van der Waals surface area contributed by atoms with E-state index in [2.05, 4.69) is 4.98 Å². The molecule has 4 nitrogen and oxygen atoms in total. The van der Waals surface area contributed by atoms with Gasteiger partial charge in [-0.05, 0) is 6.92 Å². The second kappa shape index (κ2) is 6.49. The van der Waals surface area contributed by atoms with Crippen LogP contribution in [0.25, 0.3) is 0 Å². The van der Waals surface area contributed by atoms with E-state index in [1.54, 1.807) is 6.92 Å². The fourth-order valence-electron chi connectivity index (χ4n) is 1.35. The number of pyridine rings is 1. The topological polar surface area (TPSA) is 48.4 Å². The van der Waals surface area contributed by atoms with Crippen molar-refractivity contribution in [3.63, 3.8) is 0 Å². The maximum absolute atomic E-state index is 12.5. The van der Waals surface area contributed by atoms with Gasteiger partial charge in [0.05, 0.1) is 20.1 Å². The smallest absolute Gasteiger partial charge is 0.310 e. The zero-order valence-electron chi connectivity index (χ0n) is 9.87. The second-order valence-corrected chi connectivity index (χ2v) is 3.66. The summed E-state index contributed by atoms with van der Waals surface area (Å²) in [5.41, 5.74) is -0.258. The molecule has 0 unspecified atom stereocenters. The van der Waals surface area contributed by atoms with Crippen LogP contribution in [0.4, 0.5) is 8.78 Å². The highest BCUT2D eigenvalue weighted by Gasteiger charge is 2.19. The van der Waals surface area contributed by atoms with Crippen molar-refractivity contribution in [2.45, 2.75) is 19.8 Å². The summed E-state index contributed by atoms with van der Waals surface area (Å²) in [6.07, 6.45) is -2.93. The van der Waals surface area contributed by atoms with Crippen molar-refractivity contribution < 1.29 is 23.0 Å². The minimum absolute atomic E-state index is 0.0957. The molecular formula is C11H12ClF2NO3. The van der Waals surface area contributed by atoms with Gasteiger partial charge in [0.2, 0.25) is 0 Å². The molecule has 0 N–H and O–H groups in total. The minimum Gasteiger partial charge on any atom is -0.496 e. The normalized spacial score (nSPS) is 10.6. The first-order chi connectivity index (χ1) is 8.49. The first-order valence-electron chi connectivity index (χ1n) is 5.16. The molecule has 0 saturated heterocycles. The molecule has 0 spiro atoms. The molecule has 0 aliphatic carbocycles. The number of aromatic nitrogens is 1. The fourth-order valence-corrected chi connectivity index (χ4v) is 1.60. The molecule has 18 heavy (non-hydrogen) atoms. The van der Waals surface area contributed by atoms with Crippen molar-refractivity contribution in [3.05, 3.63) is 22.5 Å². The molecule has 7 heteroatoms. The zero-order valence-corrected chi connectivity index (χ0v) is 10.6. The Bertz CT molecular complexity index is 441. The summed E-state index contributed by atoms with van der Waals surface area (Å²) in [6, 6.07) is 1.06. The molecule has 0 bridgehead atoms. The quantitative estimate of drug-likeness (QED) is 0.614. The molecule has 0 aliphatic heterocycles. The molecule has 1 aromatic heterocycles. The highest BCUT2D eigenvalue weighted by molar-refractivity contribution is 6.30. The summed E-state index contributed by atoms with van der Waals surface area (Å²) in [5, 5.41) is -0.183. The van der Waals surface area contributed by atoms with Crippen molar-refractivity contribution in [3.8, 4) is 5.75 Å². The van der Waals surface area contributed by atoms with Crippen LogP contribution in [-0.4, -0.2) is 24.7 Å². The molecule has 0 radical (unpaired) electrons. The van der Waals surface area contributed by atoms with Crippen LogP contribution >= 0.6 is 11.6 Å². The van der Waals surface area contributed by atoms with Crippen molar-refractivity contribution in [2.24, 2.45) is 0 Å². The number of methoxy groups -OCH3 is 1. The summed E-state index contributed by atoms with van der Waals surface area (Å²) >= 11 is 5.77. The van der Waals surface area contributed by atoms with E-state index in [9.17, 15) is 13.6 Å². The van der Waals surface area contributed by atoms with Crippen LogP contribution in [0.15, 0.2) is 6.07 Å². The van der Waals surface area contributed by atoms with E-state index in [1.165, 1.54) is 7.11 Å². The molecule has 1 rings (SSSR count). The number of hydrogen-bond donors (Lipinski definition) is 0. The number of hydrogen-bond acceptors (Lipinski definition) is 4. The van der Waals surface area contributed by atoms with Gasteiger partial charge in [-0.25, -0.2) is 13.8 Å². The number of alkyl halides is 2. The summed E-state index contributed by atoms with van der Waals surface area (Å²) in [7, 11) is 1.30. The van der Waals surface area contributed by atoms with Gasteiger partial charge in [0.25, 0.3) is 6.43 Å². The largest absolute Gasteiger partial charge is 0.496 e. The molecule has 100 valence electrons. The number of esters is 1. The van der Waals surface area contributed by atoms with Gasteiger partial charge >= 0.3 is 5.97 Å². The van der Waals surface area contributed by atoms with Gasteiger partial charge in [-0.2, -0.15) is 0 Å². The SMILES string of the molecule is CCOC(=O)Cc1c(OC)cc(C(F)F)nc1Cl. The lowest BCUT2D eigenvalue weighted by atomic mass is 10.1. The predicted octanol–water partition coefficient (Wildman–Crippen LogP) is 2.79. The number of halogens is 3. The third-order valence-corrected chi connectivity index (χ3v) is 2.44. The standard InChI is InChI=1S/C11H12ClF2NO3/c1-3-18-9(16)4-6-8(17-2)5-7(11(13)14)15-10(6)12/h5,11H,3-4H2,1-2H3. The van der Waals surface area contributed by atoms with Crippen LogP contribution < -0.4 is 4.74 Å². The molecular weight excluding hydrogens is 268 g/mol. The minimum atomic E-state index is -2.76. The third kappa shape index (κ3) is 3.53. The molecule has 0 saturated carbocycles. The lowest BCUT2D eigenvalue weighted by Gasteiger charge is -2.11. The van der Waals surface area contributed by atoms with Crippen LogP contribution in [0.5, 0.6) is 5.75 Å². The Morgan fingerprint density at radius 2 is 2.22 bits per heavy atom. The highest BCUT2D eigenvalue weighted by atomic mass is 35.5. The second-order valence-electron chi connectivity index (χ2n) is 3.30. The molecule has 0 aromatic carbocycles. The zero-order chi connectivity index (χ0) is 13.7. The van der Waals surface area contributed by atoms with Crippen LogP contribution in [0.3, 0.4) is 0 Å². The lowest BCUT2D eigenvalue weighted by Crippen LogP contribution is -2.10. The van der Waals surface area contributed by atoms with Gasteiger partial charge < -0.3 is 9.47 Å². The van der Waals surface area contributed by atoms with Crippen molar-refractivity contribution in [1.82, 2.24) is 4.98 Å². The first-order valence-corrected chi connectivity index (χ1v) is 5.54. The van der Waals surface area contributed by atoms with Crippen molar-refractivity contribution >= 4 is 17.6 Å². The Kier molecular flexibility index (Phi) is 5.27. The van der Waals surface area contributed by atoms with Crippen molar-refractivity contribution in [1.29, 1.82) is 0 Å². The Balaban J connectivity index is 3.07. The number of carbonyl (C=O) groups excluding carboxylic acids is 1. The molecule has 1 aromatic rings. The van der Waals surface area contributed by atoms with E-state index >= 15 is 0 Å². The van der Waals surface area contributed by atoms with Gasteiger partial charge in [0.1, 0.15) is 16.6 Å². The summed E-state index contributed by atoms with van der Waals surface area (Å²) in [6.45, 7) is 1.89. The predicted molar refractivity (Wildman–Crippen MR) is 61.1 cm³/mol. The van der Waals surface area contributed by atoms with Gasteiger partial charge in [-0.1, -0.05) is 11.6 Å². The maximum Gasteiger partial charge on any atom is 0.310 e. The first kappa shape index (κ1) is 14.6. The Labute approximate surface area is 108 Å². The van der Waals surface area contributed by atoms with Crippen LogP contribution in [0.2, 0.25) is 5.15 Å². The van der Waals surface area contributed by atoms with Gasteiger partial charge in [-0.3, -0.25) is 4.79 Å². The van der Waals surface area contributed by atoms with E-state index in [0.29, 0.717) is 0 Å². The average molecular weight is 280 g/mol. The number of ether oxygens (including phenoxy) is 2. The summed E-state index contributed by atoms with van der Waals surface area (Å²) in [5.74, 6) is -0.428. The highest BCUT2D eigenvalue weighted by Crippen LogP contribution is 2.30. The lowest BCUT2D eigenvalue weighted by molar-refractivity contribution is -0.142. The van der Waals surface area contributed by atoms with Crippen LogP contribution in [0, 0.1) is 0 Å². The van der Waals surface area contributed by atoms with Crippen molar-refractivity contribution in [2.75, 3.05) is 13.7 Å². The van der Waals surface area contributed by atoms with Crippen LogP contribution in [-0.2, 0) is 16.0 Å². The molecule has 1 heterocycles. The number of carbonyl (C=O) groups is 1. The number of rotatable bonds is 5. The Morgan fingerprint density at radius 1 is 1.56 bits per heavy atom. The maximum atomic E-state index is 12.5. The van der Waals surface area contributed by atoms with E-state index in [4.69, 9.17) is 21.1 Å². The summed E-state index contributed by atoms with van der Waals surface area (Å²) < 4.78 is 34.7. The molecule has 0 amide bonds. The van der Waals surface area contributed by atoms with E-state index in [0.717, 1.165) is 6.07 Å². The molecule has 0 atom stereocenters. The van der Waals surface area contributed by atoms with Gasteiger partial charge in [0.15, 0.2) is 0 Å². The monoisotopic (exact) mass is 279 g/mol. The van der Waals surface area contributed by atoms with E-state index in [1.807, 2.05) is 0 Å². The van der Waals surface area contributed by atoms with Crippen LogP contribution in [0.1, 0.15) is 24.6 Å². The van der Waals surface area contributed by atoms with E-state index in [-0.39, 0.29) is 29.5 Å². The Hall–Kier alpha value is -1.43. The third-order valence-electron chi connectivity index (χ3n) is 2.12.